The molecule has 0 saturated heterocycles. The van der Waals surface area contributed by atoms with Crippen LogP contribution in [0.25, 0.3) is 0 Å². The van der Waals surface area contributed by atoms with Gasteiger partial charge in [-0.25, -0.2) is 4.90 Å². The van der Waals surface area contributed by atoms with E-state index in [1.54, 1.807) is 42.5 Å². The molecule has 0 aromatic heterocycles. The second-order valence-corrected chi connectivity index (χ2v) is 21.7. The molecule has 9 aromatic carbocycles. The molecule has 0 aliphatic carbocycles. The predicted octanol–water partition coefficient (Wildman–Crippen LogP) is 6.32. The summed E-state index contributed by atoms with van der Waals surface area (Å²) in [5.74, 6) is 1.30. The number of carbonyl (C=O) groups excluding carboxylic acids is 3. The number of ether oxygens (including phenoxy) is 2. The van der Waals surface area contributed by atoms with Crippen LogP contribution in [0.2, 0.25) is 0 Å². The monoisotopic (exact) mass is 1200 g/mol. The number of nitrogens with zero attached hydrogens (tertiary/aromatic N) is 2. The van der Waals surface area contributed by atoms with Crippen LogP contribution in [0.1, 0.15) is 67.2 Å². The van der Waals surface area contributed by atoms with Crippen LogP contribution in [0.4, 0.5) is 11.4 Å². The molecule has 360 valence electrons. The number of imide groups is 1. The van der Waals surface area contributed by atoms with Gasteiger partial charge in [0.2, 0.25) is 0 Å². The number of nitrogens with one attached hydrogen (secondary N) is 1. The zero-order chi connectivity index (χ0) is 48.9. The van der Waals surface area contributed by atoms with Gasteiger partial charge in [-0.2, -0.15) is 0 Å². The Morgan fingerprint density at radius 3 is 1.29 bits per heavy atom. The largest absolute Gasteiger partial charge is 1.00 e. The number of hydrogen-bond acceptors (Lipinski definition) is 6. The van der Waals surface area contributed by atoms with Gasteiger partial charge in [0.25, 0.3) is 17.7 Å². The molecule has 0 spiro atoms. The van der Waals surface area contributed by atoms with Crippen molar-refractivity contribution in [2.24, 2.45) is 0 Å². The Morgan fingerprint density at radius 1 is 0.397 bits per heavy atom. The van der Waals surface area contributed by atoms with E-state index in [4.69, 9.17) is 9.47 Å². The number of amidine groups is 1. The second kappa shape index (κ2) is 20.7. The fourth-order valence-corrected chi connectivity index (χ4v) is 14.1. The Labute approximate surface area is 459 Å². The number of benzene rings is 9. The van der Waals surface area contributed by atoms with Crippen LogP contribution < -0.4 is 88.4 Å². The molecule has 0 radical (unpaired) electrons. The van der Waals surface area contributed by atoms with Crippen LogP contribution in [0.5, 0.6) is 23.0 Å². The molecule has 11 rings (SSSR count). The van der Waals surface area contributed by atoms with Gasteiger partial charge in [0.1, 0.15) is 57.3 Å². The van der Waals surface area contributed by atoms with Gasteiger partial charge in [0.05, 0.1) is 28.1 Å². The zero-order valence-electron chi connectivity index (χ0n) is 40.0. The Bertz CT molecular complexity index is 3460. The quantitative estimate of drug-likeness (QED) is 0.0879. The smallest absolute Gasteiger partial charge is 0.266 e. The number of carbonyl (C=O) groups is 3. The standard InChI is InChI=1S/C62H47N3O5P.2HI/c1-41-15-13-16-44(37-41)65-60(67)55-36-34-49(40-57(55)61(65)68)70-47-31-27-43(28-32-47)62(2,3)42-25-29-46(30-26-42)69-48-33-35-54-56(39-48)58(63)64(59(54)66)45-17-14-24-53(38-45)71(50-18-7-4-8-19-50,51-20-9-5-10-21-51)52-22-11-6-12-23-52;;/h4-40,63H,1-3H3;2*1H/q+1;;/p-2. The first kappa shape index (κ1) is 50.7. The Morgan fingerprint density at radius 2 is 0.795 bits per heavy atom. The van der Waals surface area contributed by atoms with E-state index in [1.807, 2.05) is 104 Å². The highest BCUT2D eigenvalue weighted by atomic mass is 127. The van der Waals surface area contributed by atoms with E-state index in [1.165, 1.54) is 25.7 Å². The molecule has 8 nitrogen and oxygen atoms in total. The molecular formula is C62H47I2N3O5P-. The van der Waals surface area contributed by atoms with Crippen molar-refractivity contribution in [1.82, 2.24) is 0 Å². The number of aryl methyl sites for hydroxylation is 1. The van der Waals surface area contributed by atoms with Crippen molar-refractivity contribution in [2.75, 3.05) is 9.80 Å². The van der Waals surface area contributed by atoms with Crippen molar-refractivity contribution < 1.29 is 71.8 Å². The van der Waals surface area contributed by atoms with Crippen LogP contribution in [-0.2, 0) is 5.41 Å². The van der Waals surface area contributed by atoms with Crippen LogP contribution in [0, 0.1) is 12.3 Å². The van der Waals surface area contributed by atoms with Crippen LogP contribution in [0.15, 0.2) is 224 Å². The summed E-state index contributed by atoms with van der Waals surface area (Å²) < 4.78 is 12.6. The molecular weight excluding hydrogens is 1150 g/mol. The van der Waals surface area contributed by atoms with Crippen molar-refractivity contribution in [1.29, 1.82) is 5.41 Å². The highest BCUT2D eigenvalue weighted by molar-refractivity contribution is 8.01. The predicted molar refractivity (Wildman–Crippen MR) is 285 cm³/mol. The number of anilines is 2. The first-order chi connectivity index (χ1) is 34.5. The highest BCUT2D eigenvalue weighted by Crippen LogP contribution is 2.54. The molecule has 0 unspecified atom stereocenters. The summed E-state index contributed by atoms with van der Waals surface area (Å²) in [6.45, 7) is 6.23. The first-order valence-electron chi connectivity index (χ1n) is 23.4. The van der Waals surface area contributed by atoms with Gasteiger partial charge in [-0.1, -0.05) is 111 Å². The zero-order valence-corrected chi connectivity index (χ0v) is 45.2. The average molecular weight is 1200 g/mol. The number of hydrogen-bond donors (Lipinski definition) is 1. The normalized spacial score (nSPS) is 13.0. The fourth-order valence-electron chi connectivity index (χ4n) is 9.85. The molecule has 9 aromatic rings. The third-order valence-corrected chi connectivity index (χ3v) is 17.8. The van der Waals surface area contributed by atoms with Crippen molar-refractivity contribution >= 4 is 63.4 Å². The summed E-state index contributed by atoms with van der Waals surface area (Å²) in [5, 5.41) is 14.1. The van der Waals surface area contributed by atoms with Gasteiger partial charge >= 0.3 is 0 Å². The van der Waals surface area contributed by atoms with Gasteiger partial charge in [-0.15, -0.1) is 0 Å². The summed E-state index contributed by atoms with van der Waals surface area (Å²) in [6, 6.07) is 73.3. The maximum absolute atomic E-state index is 14.2. The van der Waals surface area contributed by atoms with Gasteiger partial charge in [0.15, 0.2) is 0 Å². The summed E-state index contributed by atoms with van der Waals surface area (Å²) in [6.07, 6.45) is 0. The number of rotatable bonds is 12. The lowest BCUT2D eigenvalue weighted by atomic mass is 9.78. The lowest BCUT2D eigenvalue weighted by Crippen LogP contribution is -3.00. The Hall–Kier alpha value is -7.25. The molecule has 0 fully saturated rings. The van der Waals surface area contributed by atoms with E-state index in [9.17, 15) is 19.8 Å². The van der Waals surface area contributed by atoms with Crippen molar-refractivity contribution in [2.45, 2.75) is 26.2 Å². The second-order valence-electron chi connectivity index (χ2n) is 18.3. The summed E-state index contributed by atoms with van der Waals surface area (Å²) >= 11 is 0. The van der Waals surface area contributed by atoms with Gasteiger partial charge in [0, 0.05) is 17.0 Å². The molecule has 2 aliphatic rings. The summed E-state index contributed by atoms with van der Waals surface area (Å²) in [5.41, 5.74) is 5.48. The Kier molecular flexibility index (Phi) is 14.4. The molecule has 2 heterocycles. The van der Waals surface area contributed by atoms with Gasteiger partial charge in [-0.3, -0.25) is 24.7 Å². The molecule has 11 heteroatoms. The molecule has 1 N–H and O–H groups in total. The molecule has 0 bridgehead atoms. The SMILES string of the molecule is Cc1cccc(N2C(=O)c3ccc(Oc4ccc(C(C)(C)c5ccc(Oc6ccc7c(c6)C(=N)N(c6cccc([P+](c8ccccc8)(c8ccccc8)c8ccccc8)c6)C7=O)cc5)cc4)cc3C2=O)c1.[I-].[I-]. The van der Waals surface area contributed by atoms with E-state index < -0.39 is 7.26 Å². The van der Waals surface area contributed by atoms with E-state index in [-0.39, 0.29) is 76.9 Å². The minimum atomic E-state index is -2.45. The van der Waals surface area contributed by atoms with Crippen molar-refractivity contribution in [3.05, 3.63) is 263 Å². The van der Waals surface area contributed by atoms with Crippen molar-refractivity contribution in [3.8, 4) is 23.0 Å². The third-order valence-electron chi connectivity index (χ3n) is 13.6. The average Bonchev–Trinajstić information content (AvgIpc) is 3.80. The summed E-state index contributed by atoms with van der Waals surface area (Å²) in [7, 11) is -2.45. The van der Waals surface area contributed by atoms with E-state index in [2.05, 4.69) is 98.8 Å². The first-order valence-corrected chi connectivity index (χ1v) is 25.2. The maximum Gasteiger partial charge on any atom is 0.266 e. The van der Waals surface area contributed by atoms with E-state index in [0.717, 1.165) is 22.0 Å². The van der Waals surface area contributed by atoms with Crippen LogP contribution >= 0.6 is 7.26 Å². The molecule has 2 aliphatic heterocycles. The lowest BCUT2D eigenvalue weighted by Gasteiger charge is -2.28. The Balaban J connectivity index is 0.00000328. The van der Waals surface area contributed by atoms with Crippen molar-refractivity contribution in [3.63, 3.8) is 0 Å². The molecule has 0 atom stereocenters. The lowest BCUT2D eigenvalue weighted by molar-refractivity contribution is -0.00100. The minimum absolute atomic E-state index is 0. The minimum Gasteiger partial charge on any atom is -1.00 e. The topological polar surface area (TPSA) is 100 Å². The molecule has 0 saturated carbocycles. The number of fused-ring (bicyclic) bond motifs is 2. The molecule has 73 heavy (non-hydrogen) atoms. The van der Waals surface area contributed by atoms with E-state index >= 15 is 0 Å². The third kappa shape index (κ3) is 9.17. The van der Waals surface area contributed by atoms with Gasteiger partial charge in [-0.05, 0) is 145 Å². The van der Waals surface area contributed by atoms with Crippen LogP contribution in [0.3, 0.4) is 0 Å². The number of amides is 3. The molecule has 3 amide bonds. The summed E-state index contributed by atoms with van der Waals surface area (Å²) in [4.78, 5) is 43.6. The van der Waals surface area contributed by atoms with E-state index in [0.29, 0.717) is 56.6 Å². The number of halogens is 2. The fraction of sp³-hybridized carbons (Fsp3) is 0.0645. The highest BCUT2D eigenvalue weighted by Gasteiger charge is 2.48. The maximum atomic E-state index is 14.2. The van der Waals surface area contributed by atoms with Gasteiger partial charge < -0.3 is 57.4 Å². The van der Waals surface area contributed by atoms with Crippen LogP contribution in [-0.4, -0.2) is 23.6 Å².